The van der Waals surface area contributed by atoms with Crippen molar-refractivity contribution in [3.8, 4) is 0 Å². The topological polar surface area (TPSA) is 65.6 Å². The van der Waals surface area contributed by atoms with Crippen molar-refractivity contribution in [2.75, 3.05) is 92.9 Å². The van der Waals surface area contributed by atoms with Gasteiger partial charge in [-0.25, -0.2) is 0 Å². The number of rotatable bonds is 11. The second kappa shape index (κ2) is 13.1. The Morgan fingerprint density at radius 2 is 1.14 bits per heavy atom. The first-order valence-corrected chi connectivity index (χ1v) is 10.6. The van der Waals surface area contributed by atoms with Crippen molar-refractivity contribution < 1.29 is 19.1 Å². The van der Waals surface area contributed by atoms with Gasteiger partial charge in [-0.3, -0.25) is 9.59 Å². The fourth-order valence-electron chi connectivity index (χ4n) is 3.55. The molecule has 2 rings (SSSR count). The van der Waals surface area contributed by atoms with Crippen LogP contribution < -0.4 is 0 Å². The molecule has 8 nitrogen and oxygen atoms in total. The summed E-state index contributed by atoms with van der Waals surface area (Å²) in [7, 11) is 4.17. The highest BCUT2D eigenvalue weighted by Gasteiger charge is 2.20. The van der Waals surface area contributed by atoms with E-state index in [0.29, 0.717) is 78.5 Å². The lowest BCUT2D eigenvalue weighted by atomic mass is 10.2. The molecule has 0 atom stereocenters. The van der Waals surface area contributed by atoms with Gasteiger partial charge in [0.05, 0.1) is 26.4 Å². The molecule has 2 saturated heterocycles. The minimum atomic E-state index is 0.195. The predicted octanol–water partition coefficient (Wildman–Crippen LogP) is 0.128. The third-order valence-corrected chi connectivity index (χ3v) is 5.34. The smallest absolute Gasteiger partial charge is 0.224 e. The maximum atomic E-state index is 12.5. The molecule has 0 aromatic heterocycles. The lowest BCUT2D eigenvalue weighted by Gasteiger charge is -2.30. The Morgan fingerprint density at radius 1 is 0.714 bits per heavy atom. The van der Waals surface area contributed by atoms with Gasteiger partial charge in [0.15, 0.2) is 0 Å². The van der Waals surface area contributed by atoms with Gasteiger partial charge in [0.25, 0.3) is 0 Å². The Hall–Kier alpha value is -1.22. The van der Waals surface area contributed by atoms with Gasteiger partial charge in [0.2, 0.25) is 11.8 Å². The average Bonchev–Trinajstić information content (AvgIpc) is 2.73. The van der Waals surface area contributed by atoms with E-state index >= 15 is 0 Å². The summed E-state index contributed by atoms with van der Waals surface area (Å²) in [4.78, 5) is 33.2. The van der Waals surface area contributed by atoms with Gasteiger partial charge >= 0.3 is 0 Å². The quantitative estimate of drug-likeness (QED) is 0.461. The molecule has 0 bridgehead atoms. The molecule has 0 aliphatic carbocycles. The molecule has 8 heteroatoms. The number of hydrogen-bond donors (Lipinski definition) is 0. The van der Waals surface area contributed by atoms with E-state index in [1.54, 1.807) is 0 Å². The van der Waals surface area contributed by atoms with Crippen LogP contribution in [0.2, 0.25) is 0 Å². The van der Waals surface area contributed by atoms with Gasteiger partial charge in [-0.15, -0.1) is 0 Å². The number of unbranched alkanes of at least 4 members (excludes halogenated alkanes) is 1. The Labute approximate surface area is 169 Å². The summed E-state index contributed by atoms with van der Waals surface area (Å²) in [6.45, 7) is 8.73. The van der Waals surface area contributed by atoms with Crippen LogP contribution in [-0.2, 0) is 19.1 Å². The number of carbonyl (C=O) groups excluding carboxylic acids is 2. The molecule has 2 aliphatic rings. The number of ether oxygens (including phenoxy) is 2. The van der Waals surface area contributed by atoms with E-state index in [9.17, 15) is 9.59 Å². The van der Waals surface area contributed by atoms with E-state index in [2.05, 4.69) is 23.9 Å². The van der Waals surface area contributed by atoms with Crippen molar-refractivity contribution in [2.45, 2.75) is 25.7 Å². The van der Waals surface area contributed by atoms with E-state index in [1.807, 2.05) is 9.80 Å². The van der Waals surface area contributed by atoms with Crippen molar-refractivity contribution in [1.29, 1.82) is 0 Å². The molecule has 0 saturated carbocycles. The van der Waals surface area contributed by atoms with Crippen molar-refractivity contribution in [3.63, 3.8) is 0 Å². The van der Waals surface area contributed by atoms with Crippen LogP contribution in [0.3, 0.4) is 0 Å². The van der Waals surface area contributed by atoms with Gasteiger partial charge < -0.3 is 29.1 Å². The van der Waals surface area contributed by atoms with E-state index in [-0.39, 0.29) is 11.8 Å². The third-order valence-electron chi connectivity index (χ3n) is 5.34. The summed E-state index contributed by atoms with van der Waals surface area (Å²) in [5, 5.41) is 0. The molecule has 28 heavy (non-hydrogen) atoms. The summed E-state index contributed by atoms with van der Waals surface area (Å²) in [5.74, 6) is 0.391. The minimum absolute atomic E-state index is 0.195. The molecule has 2 aliphatic heterocycles. The molecule has 0 spiro atoms. The van der Waals surface area contributed by atoms with Gasteiger partial charge in [0, 0.05) is 52.1 Å². The maximum absolute atomic E-state index is 12.5. The highest BCUT2D eigenvalue weighted by atomic mass is 16.5. The molecule has 162 valence electrons. The zero-order valence-corrected chi connectivity index (χ0v) is 17.7. The summed E-state index contributed by atoms with van der Waals surface area (Å²) in [6.07, 6.45) is 3.23. The number of amides is 2. The van der Waals surface area contributed by atoms with Gasteiger partial charge in [-0.05, 0) is 40.0 Å². The van der Waals surface area contributed by atoms with Crippen molar-refractivity contribution in [3.05, 3.63) is 0 Å². The molecule has 0 N–H and O–H groups in total. The standard InChI is InChI=1S/C20H38N4O4/c1-21(2)7-3-4-8-22(9-5-19(25)23-11-15-27-16-12-23)10-6-20(26)24-13-17-28-18-14-24/h3-18H2,1-2H3. The van der Waals surface area contributed by atoms with Gasteiger partial charge in [0.1, 0.15) is 0 Å². The molecule has 0 aromatic rings. The van der Waals surface area contributed by atoms with Crippen molar-refractivity contribution >= 4 is 11.8 Å². The SMILES string of the molecule is CN(C)CCCCN(CCC(=O)N1CCOCC1)CCC(=O)N1CCOCC1. The molecule has 2 heterocycles. The predicted molar refractivity (Wildman–Crippen MR) is 108 cm³/mol. The number of carbonyl (C=O) groups is 2. The molecule has 2 fully saturated rings. The first kappa shape index (κ1) is 23.1. The van der Waals surface area contributed by atoms with Crippen LogP contribution in [0.1, 0.15) is 25.7 Å². The van der Waals surface area contributed by atoms with Gasteiger partial charge in [-0.1, -0.05) is 0 Å². The first-order valence-electron chi connectivity index (χ1n) is 10.6. The minimum Gasteiger partial charge on any atom is -0.378 e. The molecular weight excluding hydrogens is 360 g/mol. The molecular formula is C20H38N4O4. The summed E-state index contributed by atoms with van der Waals surface area (Å²) in [6, 6.07) is 0. The molecule has 0 radical (unpaired) electrons. The van der Waals surface area contributed by atoms with Crippen LogP contribution in [0.4, 0.5) is 0 Å². The lowest BCUT2D eigenvalue weighted by Crippen LogP contribution is -2.43. The Balaban J connectivity index is 1.75. The highest BCUT2D eigenvalue weighted by molar-refractivity contribution is 5.77. The Morgan fingerprint density at radius 3 is 1.57 bits per heavy atom. The van der Waals surface area contributed by atoms with Crippen LogP contribution in [0.5, 0.6) is 0 Å². The molecule has 2 amide bonds. The maximum Gasteiger partial charge on any atom is 0.224 e. The fourth-order valence-corrected chi connectivity index (χ4v) is 3.55. The lowest BCUT2D eigenvalue weighted by molar-refractivity contribution is -0.135. The van der Waals surface area contributed by atoms with Crippen molar-refractivity contribution in [1.82, 2.24) is 19.6 Å². The fraction of sp³-hybridized carbons (Fsp3) is 0.900. The Bertz CT molecular complexity index is 429. The van der Waals surface area contributed by atoms with Crippen LogP contribution in [-0.4, -0.2) is 124 Å². The van der Waals surface area contributed by atoms with E-state index in [1.165, 1.54) is 0 Å². The van der Waals surface area contributed by atoms with Crippen LogP contribution in [0, 0.1) is 0 Å². The van der Waals surface area contributed by atoms with E-state index in [4.69, 9.17) is 9.47 Å². The summed E-state index contributed by atoms with van der Waals surface area (Å²) >= 11 is 0. The number of morpholine rings is 2. The second-order valence-electron chi connectivity index (χ2n) is 7.84. The summed E-state index contributed by atoms with van der Waals surface area (Å²) in [5.41, 5.74) is 0. The monoisotopic (exact) mass is 398 g/mol. The molecule has 0 aromatic carbocycles. The Kier molecular flexibility index (Phi) is 10.8. The van der Waals surface area contributed by atoms with Crippen LogP contribution in [0.25, 0.3) is 0 Å². The third kappa shape index (κ3) is 8.86. The normalized spacial score (nSPS) is 18.1. The zero-order valence-electron chi connectivity index (χ0n) is 17.7. The zero-order chi connectivity index (χ0) is 20.2. The van der Waals surface area contributed by atoms with E-state index < -0.39 is 0 Å². The number of hydrogen-bond acceptors (Lipinski definition) is 6. The largest absolute Gasteiger partial charge is 0.378 e. The first-order chi connectivity index (χ1) is 13.6. The summed E-state index contributed by atoms with van der Waals surface area (Å²) < 4.78 is 10.6. The average molecular weight is 399 g/mol. The highest BCUT2D eigenvalue weighted by Crippen LogP contribution is 2.06. The van der Waals surface area contributed by atoms with Gasteiger partial charge in [-0.2, -0.15) is 0 Å². The second-order valence-corrected chi connectivity index (χ2v) is 7.84. The van der Waals surface area contributed by atoms with Crippen molar-refractivity contribution in [2.24, 2.45) is 0 Å². The molecule has 0 unspecified atom stereocenters. The van der Waals surface area contributed by atoms with E-state index in [0.717, 1.165) is 25.9 Å². The van der Waals surface area contributed by atoms with Crippen LogP contribution >= 0.6 is 0 Å². The number of nitrogens with zero attached hydrogens (tertiary/aromatic N) is 4. The van der Waals surface area contributed by atoms with Crippen LogP contribution in [0.15, 0.2) is 0 Å².